The predicted molar refractivity (Wildman–Crippen MR) is 120 cm³/mol. The number of fused-ring (bicyclic) bond motifs is 3. The van der Waals surface area contributed by atoms with Gasteiger partial charge in [0.2, 0.25) is 0 Å². The number of nitrogens with one attached hydrogen (secondary N) is 2. The van der Waals surface area contributed by atoms with Gasteiger partial charge in [0.25, 0.3) is 11.8 Å². The van der Waals surface area contributed by atoms with Gasteiger partial charge in [-0.2, -0.15) is 13.2 Å². The Morgan fingerprint density at radius 1 is 0.892 bits per heavy atom. The molecule has 0 spiro atoms. The van der Waals surface area contributed by atoms with Crippen LogP contribution in [0.15, 0.2) is 42.5 Å². The Balaban J connectivity index is 1.28. The minimum absolute atomic E-state index is 0.184. The first-order chi connectivity index (χ1) is 17.4. The number of aliphatic hydroxyl groups is 1. The first kappa shape index (κ1) is 26.6. The number of amides is 2. The van der Waals surface area contributed by atoms with Crippen LogP contribution in [0.5, 0.6) is 11.5 Å². The van der Waals surface area contributed by atoms with Crippen molar-refractivity contribution in [3.63, 3.8) is 0 Å². The van der Waals surface area contributed by atoms with Crippen LogP contribution in [0.1, 0.15) is 37.7 Å². The largest absolute Gasteiger partial charge is 0.484 e. The smallest absolute Gasteiger partial charge is 0.419 e. The lowest BCUT2D eigenvalue weighted by Crippen LogP contribution is -2.70. The number of carbonyl (C=O) groups is 2. The van der Waals surface area contributed by atoms with Crippen molar-refractivity contribution in [3.8, 4) is 11.5 Å². The number of alkyl halides is 3. The summed E-state index contributed by atoms with van der Waals surface area (Å²) in [6.07, 6.45) is -4.06. The Kier molecular flexibility index (Phi) is 7.31. The highest BCUT2D eigenvalue weighted by Gasteiger charge is 2.55. The molecule has 0 aliphatic heterocycles. The molecule has 2 bridgehead atoms. The first-order valence-corrected chi connectivity index (χ1v) is 11.6. The van der Waals surface area contributed by atoms with Crippen LogP contribution in [0.4, 0.5) is 22.0 Å². The van der Waals surface area contributed by atoms with Crippen LogP contribution < -0.4 is 20.1 Å². The summed E-state index contributed by atoms with van der Waals surface area (Å²) in [7, 11) is 0. The van der Waals surface area contributed by atoms with Crippen LogP contribution in [0.2, 0.25) is 0 Å². The van der Waals surface area contributed by atoms with Crippen molar-refractivity contribution in [2.45, 2.75) is 55.5 Å². The molecule has 2 amide bonds. The van der Waals surface area contributed by atoms with Crippen LogP contribution in [-0.4, -0.2) is 47.3 Å². The summed E-state index contributed by atoms with van der Waals surface area (Å²) in [4.78, 5) is 25.0. The highest BCUT2D eigenvalue weighted by atomic mass is 19.4. The molecule has 7 nitrogen and oxygen atoms in total. The van der Waals surface area contributed by atoms with E-state index < -0.39 is 59.0 Å². The molecule has 3 N–H and O–H groups in total. The van der Waals surface area contributed by atoms with Crippen LogP contribution in [-0.2, 0) is 15.8 Å². The monoisotopic (exact) mass is 528 g/mol. The maximum absolute atomic E-state index is 13.4. The van der Waals surface area contributed by atoms with Crippen molar-refractivity contribution in [1.29, 1.82) is 0 Å². The van der Waals surface area contributed by atoms with Crippen molar-refractivity contribution in [2.24, 2.45) is 0 Å². The molecular weight excluding hydrogens is 503 g/mol. The Morgan fingerprint density at radius 2 is 1.46 bits per heavy atom. The molecule has 200 valence electrons. The predicted octanol–water partition coefficient (Wildman–Crippen LogP) is 3.49. The lowest BCUT2D eigenvalue weighted by molar-refractivity contribution is -0.140. The second kappa shape index (κ2) is 10.2. The molecule has 0 aromatic heterocycles. The molecule has 0 unspecified atom stereocenters. The standard InChI is InChI=1S/C25H25F5N2O5/c26-15-1-3-16(4-2-15)36-13-21(34)31-23-7-9-24(10-8-23,20(33)12-23)32-22(35)14-37-17-5-6-19(27)18(11-17)25(28,29)30/h1-6,11,20,33H,7-10,12-14H2,(H,31,34)(H,32,35)/t20-,23?,24?/m0/s1. The molecule has 3 aliphatic carbocycles. The van der Waals surface area contributed by atoms with E-state index in [1.807, 2.05) is 0 Å². The Hall–Kier alpha value is -3.41. The maximum atomic E-state index is 13.4. The molecule has 2 aromatic rings. The van der Waals surface area contributed by atoms with Crippen LogP contribution in [0, 0.1) is 11.6 Å². The Labute approximate surface area is 208 Å². The molecule has 37 heavy (non-hydrogen) atoms. The summed E-state index contributed by atoms with van der Waals surface area (Å²) < 4.78 is 75.5. The van der Waals surface area contributed by atoms with Gasteiger partial charge in [0.1, 0.15) is 23.1 Å². The van der Waals surface area contributed by atoms with E-state index in [2.05, 4.69) is 10.6 Å². The second-order valence-electron chi connectivity index (χ2n) is 9.42. The van der Waals surface area contributed by atoms with Crippen molar-refractivity contribution >= 4 is 11.8 Å². The zero-order chi connectivity index (χ0) is 26.8. The molecular formula is C25H25F5N2O5. The average molecular weight is 528 g/mol. The van der Waals surface area contributed by atoms with Crippen LogP contribution in [0.25, 0.3) is 0 Å². The summed E-state index contributed by atoms with van der Waals surface area (Å²) in [5.74, 6) is -2.92. The summed E-state index contributed by atoms with van der Waals surface area (Å²) >= 11 is 0. The number of carbonyl (C=O) groups excluding carboxylic acids is 2. The minimum Gasteiger partial charge on any atom is -0.484 e. The van der Waals surface area contributed by atoms with E-state index in [4.69, 9.17) is 9.47 Å². The molecule has 3 saturated carbocycles. The van der Waals surface area contributed by atoms with Crippen molar-refractivity contribution in [1.82, 2.24) is 10.6 Å². The molecule has 3 fully saturated rings. The van der Waals surface area contributed by atoms with Gasteiger partial charge in [-0.3, -0.25) is 9.59 Å². The molecule has 1 atom stereocenters. The van der Waals surface area contributed by atoms with E-state index in [-0.39, 0.29) is 18.8 Å². The zero-order valence-electron chi connectivity index (χ0n) is 19.5. The molecule has 0 radical (unpaired) electrons. The molecule has 0 saturated heterocycles. The van der Waals surface area contributed by atoms with Crippen molar-refractivity contribution in [3.05, 3.63) is 59.7 Å². The van der Waals surface area contributed by atoms with Crippen molar-refractivity contribution in [2.75, 3.05) is 13.2 Å². The number of aliphatic hydroxyl groups excluding tert-OH is 1. The third-order valence-corrected chi connectivity index (χ3v) is 6.91. The molecule has 5 rings (SSSR count). The molecule has 2 aromatic carbocycles. The molecule has 0 heterocycles. The van der Waals surface area contributed by atoms with E-state index in [0.717, 1.165) is 6.07 Å². The van der Waals surface area contributed by atoms with E-state index in [1.165, 1.54) is 24.3 Å². The van der Waals surface area contributed by atoms with Gasteiger partial charge in [-0.15, -0.1) is 0 Å². The summed E-state index contributed by atoms with van der Waals surface area (Å²) in [6.45, 7) is -0.915. The highest BCUT2D eigenvalue weighted by molar-refractivity contribution is 5.79. The highest BCUT2D eigenvalue weighted by Crippen LogP contribution is 2.47. The zero-order valence-corrected chi connectivity index (χ0v) is 19.5. The summed E-state index contributed by atoms with van der Waals surface area (Å²) in [6, 6.07) is 7.30. The third-order valence-electron chi connectivity index (χ3n) is 6.91. The van der Waals surface area contributed by atoms with Gasteiger partial charge in [-0.1, -0.05) is 0 Å². The fourth-order valence-corrected chi connectivity index (χ4v) is 4.95. The molecule has 3 aliphatic rings. The van der Waals surface area contributed by atoms with E-state index in [9.17, 15) is 36.6 Å². The van der Waals surface area contributed by atoms with E-state index >= 15 is 0 Å². The van der Waals surface area contributed by atoms with Gasteiger partial charge in [0, 0.05) is 5.54 Å². The quantitative estimate of drug-likeness (QED) is 0.456. The minimum atomic E-state index is -4.91. The lowest BCUT2D eigenvalue weighted by atomic mass is 9.60. The van der Waals surface area contributed by atoms with Gasteiger partial charge in [0.15, 0.2) is 13.2 Å². The second-order valence-corrected chi connectivity index (χ2v) is 9.42. The molecule has 12 heteroatoms. The van der Waals surface area contributed by atoms with Gasteiger partial charge >= 0.3 is 6.18 Å². The third kappa shape index (κ3) is 6.12. The van der Waals surface area contributed by atoms with Crippen LogP contribution >= 0.6 is 0 Å². The number of hydrogen-bond acceptors (Lipinski definition) is 5. The van der Waals surface area contributed by atoms with E-state index in [1.54, 1.807) is 0 Å². The number of hydrogen-bond donors (Lipinski definition) is 3. The number of benzene rings is 2. The van der Waals surface area contributed by atoms with Crippen LogP contribution in [0.3, 0.4) is 0 Å². The Bertz CT molecular complexity index is 1150. The fraction of sp³-hybridized carbons (Fsp3) is 0.440. The summed E-state index contributed by atoms with van der Waals surface area (Å²) in [5, 5.41) is 16.5. The van der Waals surface area contributed by atoms with Gasteiger partial charge in [-0.25, -0.2) is 8.78 Å². The average Bonchev–Trinajstić information content (AvgIpc) is 2.83. The number of halogens is 5. The number of rotatable bonds is 8. The topological polar surface area (TPSA) is 96.9 Å². The van der Waals surface area contributed by atoms with E-state index in [0.29, 0.717) is 43.6 Å². The Morgan fingerprint density at radius 3 is 2.05 bits per heavy atom. The SMILES string of the molecule is O=C(COc1ccc(F)cc1)NC12CCC(NC(=O)COc3ccc(F)c(C(F)(F)F)c3)(CC1)[C@@H](O)C2. The van der Waals surface area contributed by atoms with Gasteiger partial charge in [0.05, 0.1) is 17.2 Å². The first-order valence-electron chi connectivity index (χ1n) is 11.6. The fourth-order valence-electron chi connectivity index (χ4n) is 4.95. The number of ether oxygens (including phenoxy) is 2. The summed E-state index contributed by atoms with van der Waals surface area (Å²) in [5.41, 5.74) is -3.13. The normalized spacial score (nSPS) is 24.9. The van der Waals surface area contributed by atoms with Gasteiger partial charge in [-0.05, 0) is 74.6 Å². The van der Waals surface area contributed by atoms with Gasteiger partial charge < -0.3 is 25.2 Å². The lowest BCUT2D eigenvalue weighted by Gasteiger charge is -2.56. The maximum Gasteiger partial charge on any atom is 0.419 e. The van der Waals surface area contributed by atoms with Crippen molar-refractivity contribution < 1.29 is 46.1 Å².